The SMILES string of the molecule is CCNC(c1ccc(C)cc1Cl)C(C)c1ccccn1. The van der Waals surface area contributed by atoms with Crippen LogP contribution in [0.25, 0.3) is 0 Å². The van der Waals surface area contributed by atoms with Gasteiger partial charge in [-0.1, -0.05) is 43.6 Å². The first-order chi connectivity index (χ1) is 9.63. The van der Waals surface area contributed by atoms with E-state index in [2.05, 4.69) is 49.3 Å². The van der Waals surface area contributed by atoms with Gasteiger partial charge in [-0.05, 0) is 42.8 Å². The van der Waals surface area contributed by atoms with E-state index in [-0.39, 0.29) is 12.0 Å². The van der Waals surface area contributed by atoms with Crippen LogP contribution in [0, 0.1) is 6.92 Å². The van der Waals surface area contributed by atoms with E-state index in [9.17, 15) is 0 Å². The Kier molecular flexibility index (Phi) is 5.16. The average Bonchev–Trinajstić information content (AvgIpc) is 2.46. The second kappa shape index (κ2) is 6.87. The quantitative estimate of drug-likeness (QED) is 0.876. The van der Waals surface area contributed by atoms with Crippen molar-refractivity contribution < 1.29 is 0 Å². The van der Waals surface area contributed by atoms with Crippen LogP contribution in [-0.4, -0.2) is 11.5 Å². The van der Waals surface area contributed by atoms with Crippen LogP contribution in [-0.2, 0) is 0 Å². The minimum absolute atomic E-state index is 0.169. The molecule has 1 aromatic carbocycles. The van der Waals surface area contributed by atoms with Crippen LogP contribution >= 0.6 is 11.6 Å². The van der Waals surface area contributed by atoms with Crippen LogP contribution in [0.4, 0.5) is 0 Å². The molecule has 106 valence electrons. The van der Waals surface area contributed by atoms with Crippen LogP contribution in [0.15, 0.2) is 42.6 Å². The molecule has 1 heterocycles. The highest BCUT2D eigenvalue weighted by Gasteiger charge is 2.22. The summed E-state index contributed by atoms with van der Waals surface area (Å²) in [6.07, 6.45) is 1.84. The van der Waals surface area contributed by atoms with Gasteiger partial charge in [0.05, 0.1) is 0 Å². The summed E-state index contributed by atoms with van der Waals surface area (Å²) in [5, 5.41) is 4.35. The van der Waals surface area contributed by atoms with Gasteiger partial charge in [0.1, 0.15) is 0 Å². The zero-order valence-corrected chi connectivity index (χ0v) is 13.0. The maximum Gasteiger partial charge on any atom is 0.0456 e. The van der Waals surface area contributed by atoms with E-state index in [4.69, 9.17) is 11.6 Å². The molecule has 2 atom stereocenters. The van der Waals surface area contributed by atoms with Crippen molar-refractivity contribution in [3.63, 3.8) is 0 Å². The Morgan fingerprint density at radius 2 is 2.05 bits per heavy atom. The lowest BCUT2D eigenvalue weighted by molar-refractivity contribution is 0.472. The normalized spacial score (nSPS) is 14.0. The van der Waals surface area contributed by atoms with Crippen molar-refractivity contribution in [1.82, 2.24) is 10.3 Å². The van der Waals surface area contributed by atoms with Gasteiger partial charge in [0.15, 0.2) is 0 Å². The van der Waals surface area contributed by atoms with Crippen molar-refractivity contribution in [2.75, 3.05) is 6.54 Å². The molecule has 2 nitrogen and oxygen atoms in total. The van der Waals surface area contributed by atoms with Crippen molar-refractivity contribution in [2.24, 2.45) is 0 Å². The minimum atomic E-state index is 0.169. The summed E-state index contributed by atoms with van der Waals surface area (Å²) in [6.45, 7) is 7.25. The summed E-state index contributed by atoms with van der Waals surface area (Å²) < 4.78 is 0. The van der Waals surface area contributed by atoms with E-state index in [0.29, 0.717) is 0 Å². The third-order valence-electron chi connectivity index (χ3n) is 3.57. The number of likely N-dealkylation sites (N-methyl/N-ethyl adjacent to an activating group) is 1. The van der Waals surface area contributed by atoms with Gasteiger partial charge in [-0.15, -0.1) is 0 Å². The Morgan fingerprint density at radius 3 is 2.65 bits per heavy atom. The molecule has 2 aromatic rings. The summed E-state index contributed by atoms with van der Waals surface area (Å²) in [6, 6.07) is 12.4. The largest absolute Gasteiger partial charge is 0.310 e. The van der Waals surface area contributed by atoms with E-state index in [1.54, 1.807) is 0 Å². The van der Waals surface area contributed by atoms with Gasteiger partial charge in [0.25, 0.3) is 0 Å². The fourth-order valence-electron chi connectivity index (χ4n) is 2.48. The molecule has 0 bridgehead atoms. The summed E-state index contributed by atoms with van der Waals surface area (Å²) in [4.78, 5) is 4.47. The number of pyridine rings is 1. The maximum absolute atomic E-state index is 6.43. The number of nitrogens with zero attached hydrogens (tertiary/aromatic N) is 1. The Bertz CT molecular complexity index is 554. The highest BCUT2D eigenvalue weighted by Crippen LogP contribution is 2.33. The molecule has 20 heavy (non-hydrogen) atoms. The molecule has 2 unspecified atom stereocenters. The molecule has 0 radical (unpaired) electrons. The molecule has 0 fully saturated rings. The highest BCUT2D eigenvalue weighted by molar-refractivity contribution is 6.31. The second-order valence-electron chi connectivity index (χ2n) is 5.10. The predicted molar refractivity (Wildman–Crippen MR) is 85.3 cm³/mol. The summed E-state index contributed by atoms with van der Waals surface area (Å²) in [7, 11) is 0. The molecular formula is C17H21ClN2. The van der Waals surface area contributed by atoms with Crippen molar-refractivity contribution in [1.29, 1.82) is 0 Å². The maximum atomic E-state index is 6.43. The van der Waals surface area contributed by atoms with Gasteiger partial charge >= 0.3 is 0 Å². The van der Waals surface area contributed by atoms with Gasteiger partial charge in [0.2, 0.25) is 0 Å². The number of aryl methyl sites for hydroxylation is 1. The molecule has 0 saturated heterocycles. The van der Waals surface area contributed by atoms with Crippen LogP contribution in [0.3, 0.4) is 0 Å². The Hall–Kier alpha value is -1.38. The summed E-state index contributed by atoms with van der Waals surface area (Å²) in [5.41, 5.74) is 3.40. The first-order valence-corrected chi connectivity index (χ1v) is 7.41. The van der Waals surface area contributed by atoms with Gasteiger partial charge in [-0.25, -0.2) is 0 Å². The third-order valence-corrected chi connectivity index (χ3v) is 3.90. The molecule has 0 aliphatic rings. The highest BCUT2D eigenvalue weighted by atomic mass is 35.5. The van der Waals surface area contributed by atoms with Crippen molar-refractivity contribution in [3.8, 4) is 0 Å². The lowest BCUT2D eigenvalue weighted by Gasteiger charge is -2.26. The molecule has 1 aromatic heterocycles. The molecule has 0 aliphatic heterocycles. The number of halogens is 1. The molecule has 0 aliphatic carbocycles. The first kappa shape index (κ1) is 15.0. The molecule has 1 N–H and O–H groups in total. The third kappa shape index (κ3) is 3.38. The second-order valence-corrected chi connectivity index (χ2v) is 5.51. The average molecular weight is 289 g/mol. The molecule has 0 saturated carbocycles. The fraction of sp³-hybridized carbons (Fsp3) is 0.353. The molecular weight excluding hydrogens is 268 g/mol. The number of benzene rings is 1. The molecule has 0 spiro atoms. The van der Waals surface area contributed by atoms with Crippen molar-refractivity contribution in [2.45, 2.75) is 32.7 Å². The van der Waals surface area contributed by atoms with Gasteiger partial charge in [-0.3, -0.25) is 4.98 Å². The van der Waals surface area contributed by atoms with E-state index in [0.717, 1.165) is 22.8 Å². The van der Waals surface area contributed by atoms with Crippen molar-refractivity contribution >= 4 is 11.6 Å². The van der Waals surface area contributed by atoms with E-state index < -0.39 is 0 Å². The van der Waals surface area contributed by atoms with Gasteiger partial charge in [0, 0.05) is 28.9 Å². The van der Waals surface area contributed by atoms with Crippen molar-refractivity contribution in [3.05, 3.63) is 64.4 Å². The lowest BCUT2D eigenvalue weighted by atomic mass is 9.91. The number of nitrogens with one attached hydrogen (secondary N) is 1. The summed E-state index contributed by atoms with van der Waals surface area (Å²) in [5.74, 6) is 0.261. The zero-order valence-electron chi connectivity index (χ0n) is 12.2. The van der Waals surface area contributed by atoms with Crippen LogP contribution < -0.4 is 5.32 Å². The zero-order chi connectivity index (χ0) is 14.5. The molecule has 3 heteroatoms. The van der Waals surface area contributed by atoms with Crippen LogP contribution in [0.5, 0.6) is 0 Å². The number of hydrogen-bond acceptors (Lipinski definition) is 2. The topological polar surface area (TPSA) is 24.9 Å². The lowest BCUT2D eigenvalue weighted by Crippen LogP contribution is -2.26. The molecule has 2 rings (SSSR count). The summed E-state index contributed by atoms with van der Waals surface area (Å²) >= 11 is 6.43. The van der Waals surface area contributed by atoms with E-state index in [1.165, 1.54) is 5.56 Å². The van der Waals surface area contributed by atoms with Gasteiger partial charge < -0.3 is 5.32 Å². The fourth-order valence-corrected chi connectivity index (χ4v) is 2.83. The smallest absolute Gasteiger partial charge is 0.0456 e. The first-order valence-electron chi connectivity index (χ1n) is 7.03. The standard InChI is InChI=1S/C17H21ClN2/c1-4-19-17(13(3)16-7-5-6-10-20-16)14-9-8-12(2)11-15(14)18/h5-11,13,17,19H,4H2,1-3H3. The number of rotatable bonds is 5. The minimum Gasteiger partial charge on any atom is -0.310 e. The van der Waals surface area contributed by atoms with Gasteiger partial charge in [-0.2, -0.15) is 0 Å². The van der Waals surface area contributed by atoms with E-state index in [1.807, 2.05) is 24.4 Å². The number of aromatic nitrogens is 1. The monoisotopic (exact) mass is 288 g/mol. The van der Waals surface area contributed by atoms with E-state index >= 15 is 0 Å². The Balaban J connectivity index is 2.35. The predicted octanol–water partition coefficient (Wildman–Crippen LogP) is 4.50. The Morgan fingerprint density at radius 1 is 1.25 bits per heavy atom. The Labute approximate surface area is 126 Å². The molecule has 0 amide bonds. The van der Waals surface area contributed by atoms with Crippen LogP contribution in [0.2, 0.25) is 5.02 Å². The number of hydrogen-bond donors (Lipinski definition) is 1. The van der Waals surface area contributed by atoms with Crippen LogP contribution in [0.1, 0.15) is 42.6 Å².